The number of hydrogen-bond acceptors (Lipinski definition) is 10. The van der Waals surface area contributed by atoms with Crippen LogP contribution in [0.15, 0.2) is 94.4 Å². The minimum absolute atomic E-state index is 0.0105. The van der Waals surface area contributed by atoms with Crippen LogP contribution >= 0.6 is 0 Å². The monoisotopic (exact) mass is 735 g/mol. The van der Waals surface area contributed by atoms with Crippen LogP contribution in [0.5, 0.6) is 0 Å². The van der Waals surface area contributed by atoms with Gasteiger partial charge in [-0.1, -0.05) is 74.5 Å². The molecular formula is C38H45N3O10S. The number of carbonyl (C=O) groups excluding carboxylic acids is 2. The quantitative estimate of drug-likeness (QED) is 0.152. The molecule has 0 bridgehead atoms. The fourth-order valence-electron chi connectivity index (χ4n) is 6.48. The van der Waals surface area contributed by atoms with Gasteiger partial charge in [0.2, 0.25) is 10.0 Å². The number of sulfonamides is 1. The first kappa shape index (κ1) is 37.3. The van der Waals surface area contributed by atoms with Crippen LogP contribution in [0.3, 0.4) is 0 Å². The Balaban J connectivity index is 1.16. The molecule has 2 aliphatic heterocycles. The van der Waals surface area contributed by atoms with Crippen molar-refractivity contribution in [1.29, 1.82) is 0 Å². The van der Waals surface area contributed by atoms with E-state index >= 15 is 0 Å². The van der Waals surface area contributed by atoms with E-state index in [0.717, 1.165) is 11.1 Å². The van der Waals surface area contributed by atoms with Crippen molar-refractivity contribution in [1.82, 2.24) is 14.9 Å². The highest BCUT2D eigenvalue weighted by atomic mass is 32.2. The molecule has 0 saturated carbocycles. The molecule has 0 unspecified atom stereocenters. The number of alkyl carbamates (subject to hydrolysis) is 2. The lowest BCUT2D eigenvalue weighted by Gasteiger charge is -2.31. The van der Waals surface area contributed by atoms with E-state index in [1.54, 1.807) is 6.07 Å². The zero-order valence-electron chi connectivity index (χ0n) is 29.2. The average Bonchev–Trinajstić information content (AvgIpc) is 3.87. The molecule has 2 fully saturated rings. The number of aliphatic hydroxyl groups excluding tert-OH is 1. The molecule has 5 atom stereocenters. The third kappa shape index (κ3) is 9.30. The van der Waals surface area contributed by atoms with Gasteiger partial charge in [0, 0.05) is 30.6 Å². The van der Waals surface area contributed by atoms with Crippen LogP contribution in [0.4, 0.5) is 9.59 Å². The fourth-order valence-corrected chi connectivity index (χ4v) is 8.13. The number of ether oxygens (including phenoxy) is 4. The maximum atomic E-state index is 14.3. The van der Waals surface area contributed by atoms with E-state index in [0.29, 0.717) is 29.6 Å². The lowest BCUT2D eigenvalue weighted by Crippen LogP contribution is -2.51. The second kappa shape index (κ2) is 16.9. The molecule has 0 spiro atoms. The van der Waals surface area contributed by atoms with Gasteiger partial charge in [0.15, 0.2) is 6.29 Å². The molecular weight excluding hydrogens is 690 g/mol. The van der Waals surface area contributed by atoms with Crippen LogP contribution in [0, 0.1) is 11.8 Å². The summed E-state index contributed by atoms with van der Waals surface area (Å²) in [6.07, 6.45) is -1.14. The maximum Gasteiger partial charge on any atom is 0.407 e. The first-order valence-electron chi connectivity index (χ1n) is 17.4. The summed E-state index contributed by atoms with van der Waals surface area (Å²) >= 11 is 0. The van der Waals surface area contributed by atoms with Gasteiger partial charge in [0.1, 0.15) is 18.3 Å². The predicted octanol–water partition coefficient (Wildman–Crippen LogP) is 4.97. The largest absolute Gasteiger partial charge is 0.464 e. The van der Waals surface area contributed by atoms with Crippen molar-refractivity contribution in [3.8, 4) is 0 Å². The van der Waals surface area contributed by atoms with E-state index in [1.165, 1.54) is 22.7 Å². The molecule has 2 amide bonds. The highest BCUT2D eigenvalue weighted by molar-refractivity contribution is 7.89. The SMILES string of the molecule is CC(C)CN(C[C@@H](O)[C@H](Cc1ccccc1)NC(=O)O[C@H]1CO[C@H]2OCC[C@H]21)S(=O)(=O)c1ccc2occ(CNC(=O)OCc3ccccc3)c2c1. The Kier molecular flexibility index (Phi) is 12.1. The van der Waals surface area contributed by atoms with Crippen molar-refractivity contribution in [2.75, 3.05) is 26.3 Å². The third-order valence-corrected chi connectivity index (χ3v) is 11.0. The van der Waals surface area contributed by atoms with Gasteiger partial charge < -0.3 is 39.1 Å². The number of nitrogens with one attached hydrogen (secondary N) is 2. The van der Waals surface area contributed by atoms with E-state index < -0.39 is 46.7 Å². The van der Waals surface area contributed by atoms with Crippen molar-refractivity contribution in [2.24, 2.45) is 11.8 Å². The minimum atomic E-state index is -4.17. The van der Waals surface area contributed by atoms with Gasteiger partial charge >= 0.3 is 12.2 Å². The summed E-state index contributed by atoms with van der Waals surface area (Å²) in [6, 6.07) is 22.2. The molecule has 0 aliphatic carbocycles. The Bertz CT molecular complexity index is 1900. The predicted molar refractivity (Wildman–Crippen MR) is 190 cm³/mol. The number of rotatable bonds is 15. The maximum absolute atomic E-state index is 14.3. The van der Waals surface area contributed by atoms with E-state index in [-0.39, 0.29) is 56.0 Å². The Morgan fingerprint density at radius 2 is 1.69 bits per heavy atom. The summed E-state index contributed by atoms with van der Waals surface area (Å²) in [4.78, 5) is 25.6. The van der Waals surface area contributed by atoms with Gasteiger partial charge in [-0.2, -0.15) is 4.31 Å². The van der Waals surface area contributed by atoms with Crippen LogP contribution in [-0.2, 0) is 48.5 Å². The van der Waals surface area contributed by atoms with E-state index in [2.05, 4.69) is 10.6 Å². The van der Waals surface area contributed by atoms with E-state index in [1.807, 2.05) is 74.5 Å². The molecule has 3 heterocycles. The summed E-state index contributed by atoms with van der Waals surface area (Å²) in [7, 11) is -4.17. The molecule has 2 aliphatic rings. The first-order valence-corrected chi connectivity index (χ1v) is 18.9. The summed E-state index contributed by atoms with van der Waals surface area (Å²) in [5, 5.41) is 17.7. The van der Waals surface area contributed by atoms with Crippen molar-refractivity contribution in [3.05, 3.63) is 102 Å². The number of amides is 2. The second-order valence-electron chi connectivity index (χ2n) is 13.5. The summed E-state index contributed by atoms with van der Waals surface area (Å²) in [5.41, 5.74) is 2.69. The van der Waals surface area contributed by atoms with Crippen LogP contribution < -0.4 is 10.6 Å². The zero-order valence-corrected chi connectivity index (χ0v) is 30.0. The normalized spacial score (nSPS) is 19.8. The zero-order chi connectivity index (χ0) is 36.7. The van der Waals surface area contributed by atoms with E-state index in [9.17, 15) is 23.1 Å². The van der Waals surface area contributed by atoms with Crippen LogP contribution in [0.25, 0.3) is 11.0 Å². The smallest absolute Gasteiger partial charge is 0.407 e. The van der Waals surface area contributed by atoms with Gasteiger partial charge in [-0.15, -0.1) is 0 Å². The van der Waals surface area contributed by atoms with Gasteiger partial charge in [-0.3, -0.25) is 0 Å². The molecule has 2 saturated heterocycles. The molecule has 13 nitrogen and oxygen atoms in total. The second-order valence-corrected chi connectivity index (χ2v) is 15.5. The van der Waals surface area contributed by atoms with Crippen LogP contribution in [-0.4, -0.2) is 80.9 Å². The first-order chi connectivity index (χ1) is 25.1. The minimum Gasteiger partial charge on any atom is -0.464 e. The van der Waals surface area contributed by atoms with Crippen LogP contribution in [0.1, 0.15) is 37.0 Å². The Hall–Kier alpha value is -4.47. The summed E-state index contributed by atoms with van der Waals surface area (Å²) in [6.45, 7) is 4.47. The molecule has 6 rings (SSSR count). The van der Waals surface area contributed by atoms with Gasteiger partial charge in [0.25, 0.3) is 0 Å². The van der Waals surface area contributed by atoms with Crippen molar-refractivity contribution < 1.29 is 46.5 Å². The average molecular weight is 736 g/mol. The lowest BCUT2D eigenvalue weighted by molar-refractivity contribution is -0.0907. The molecule has 4 aromatic rings. The lowest BCUT2D eigenvalue weighted by atomic mass is 10.0. The number of fused-ring (bicyclic) bond motifs is 2. The van der Waals surface area contributed by atoms with Gasteiger partial charge in [-0.25, -0.2) is 18.0 Å². The van der Waals surface area contributed by atoms with E-state index in [4.69, 9.17) is 23.4 Å². The standard InChI is InChI=1S/C38H45N3O10S/c1-25(2)20-41(21-33(42)32(17-26-9-5-3-6-10-26)40-38(44)51-35-24-49-36-30(35)15-16-47-36)52(45,46)29-13-14-34-31(18-29)28(23-48-34)19-39-37(43)50-22-27-11-7-4-8-12-27/h3-14,18,23,25,30,32-33,35-36,42H,15-17,19-22,24H2,1-2H3,(H,39,43)(H,40,44)/t30-,32-,33+,35-,36+/m0/s1. The highest BCUT2D eigenvalue weighted by Gasteiger charge is 2.44. The van der Waals surface area contributed by atoms with Crippen LogP contribution in [0.2, 0.25) is 0 Å². The molecule has 1 aromatic heterocycles. The highest BCUT2D eigenvalue weighted by Crippen LogP contribution is 2.33. The Morgan fingerprint density at radius 3 is 2.42 bits per heavy atom. The number of nitrogens with zero attached hydrogens (tertiary/aromatic N) is 1. The Labute approximate surface area is 303 Å². The number of hydrogen-bond donors (Lipinski definition) is 3. The van der Waals surface area contributed by atoms with Gasteiger partial charge in [0.05, 0.1) is 42.4 Å². The number of furan rings is 1. The molecule has 278 valence electrons. The fraction of sp³-hybridized carbons (Fsp3) is 0.421. The molecule has 14 heteroatoms. The third-order valence-electron chi connectivity index (χ3n) is 9.17. The number of carbonyl (C=O) groups is 2. The molecule has 0 radical (unpaired) electrons. The number of aliphatic hydroxyl groups is 1. The summed E-state index contributed by atoms with van der Waals surface area (Å²) < 4.78 is 57.6. The number of benzene rings is 3. The molecule has 3 N–H and O–H groups in total. The van der Waals surface area contributed by atoms with Gasteiger partial charge in [-0.05, 0) is 48.1 Å². The Morgan fingerprint density at radius 1 is 0.962 bits per heavy atom. The van der Waals surface area contributed by atoms with Crippen molar-refractivity contribution in [2.45, 2.75) is 69.3 Å². The molecule has 52 heavy (non-hydrogen) atoms. The summed E-state index contributed by atoms with van der Waals surface area (Å²) in [5.74, 6) is -0.150. The topological polar surface area (TPSA) is 166 Å². The van der Waals surface area contributed by atoms with Crippen molar-refractivity contribution in [3.63, 3.8) is 0 Å². The van der Waals surface area contributed by atoms with Crippen molar-refractivity contribution >= 4 is 33.2 Å². The molecule has 3 aromatic carbocycles.